The summed E-state index contributed by atoms with van der Waals surface area (Å²) in [4.78, 5) is 25.5. The van der Waals surface area contributed by atoms with E-state index < -0.39 is 5.82 Å². The first-order valence-corrected chi connectivity index (χ1v) is 10.6. The third kappa shape index (κ3) is 3.68. The number of rotatable bonds is 3. The van der Waals surface area contributed by atoms with Gasteiger partial charge in [0.15, 0.2) is 11.6 Å². The highest BCUT2D eigenvalue weighted by atomic mass is 19.1. The van der Waals surface area contributed by atoms with Gasteiger partial charge in [-0.1, -0.05) is 30.3 Å². The maximum absolute atomic E-state index is 14.3. The first-order valence-electron chi connectivity index (χ1n) is 10.6. The van der Waals surface area contributed by atoms with Crippen LogP contribution in [0.2, 0.25) is 0 Å². The number of aromatic nitrogens is 4. The van der Waals surface area contributed by atoms with Crippen LogP contribution in [0.1, 0.15) is 23.7 Å². The van der Waals surface area contributed by atoms with Gasteiger partial charge in [0.25, 0.3) is 0 Å². The summed E-state index contributed by atoms with van der Waals surface area (Å²) in [6.45, 7) is 3.93. The lowest BCUT2D eigenvalue weighted by Crippen LogP contribution is -2.52. The SMILES string of the molecule is Cc1ccnn1-c1nc(N2CCN(C(=O)N3N=CC[C@H]3c3ccccc3)CC2)ncc1F. The van der Waals surface area contributed by atoms with Crippen molar-refractivity contribution >= 4 is 18.2 Å². The number of urea groups is 1. The second-order valence-corrected chi connectivity index (χ2v) is 7.79. The van der Waals surface area contributed by atoms with E-state index in [0.717, 1.165) is 11.3 Å². The molecular weight excluding hydrogens is 411 g/mol. The summed E-state index contributed by atoms with van der Waals surface area (Å²) in [7, 11) is 0. The van der Waals surface area contributed by atoms with Crippen molar-refractivity contribution in [1.82, 2.24) is 29.7 Å². The molecule has 1 atom stereocenters. The number of amides is 2. The van der Waals surface area contributed by atoms with Gasteiger partial charge in [0, 0.05) is 50.7 Å². The Morgan fingerprint density at radius 3 is 2.59 bits per heavy atom. The van der Waals surface area contributed by atoms with Crippen molar-refractivity contribution in [3.8, 4) is 5.82 Å². The van der Waals surface area contributed by atoms with E-state index in [9.17, 15) is 9.18 Å². The molecule has 0 spiro atoms. The normalized spacial score (nSPS) is 18.4. The smallest absolute Gasteiger partial charge is 0.337 e. The van der Waals surface area contributed by atoms with Gasteiger partial charge in [0.2, 0.25) is 5.95 Å². The van der Waals surface area contributed by atoms with Crippen molar-refractivity contribution in [3.63, 3.8) is 0 Å². The van der Waals surface area contributed by atoms with E-state index in [4.69, 9.17) is 0 Å². The standard InChI is InChI=1S/C22H23FN8O/c1-16-7-9-25-30(16)20-18(23)15-24-21(27-20)28-11-13-29(14-12-28)22(32)31-19(8-10-26-31)17-5-3-2-4-6-17/h2-7,9-10,15,19H,8,11-14H2,1H3/t19-/m0/s1. The third-order valence-electron chi connectivity index (χ3n) is 5.79. The number of carbonyl (C=O) groups is 1. The zero-order valence-corrected chi connectivity index (χ0v) is 17.7. The number of hydrogen-bond acceptors (Lipinski definition) is 6. The van der Waals surface area contributed by atoms with Crippen LogP contribution in [-0.2, 0) is 0 Å². The predicted molar refractivity (Wildman–Crippen MR) is 117 cm³/mol. The Bertz CT molecular complexity index is 1140. The maximum atomic E-state index is 14.3. The van der Waals surface area contributed by atoms with E-state index in [-0.39, 0.29) is 17.9 Å². The van der Waals surface area contributed by atoms with E-state index in [1.165, 1.54) is 10.9 Å². The molecule has 2 aliphatic heterocycles. The van der Waals surface area contributed by atoms with Crippen molar-refractivity contribution in [3.05, 3.63) is 65.9 Å². The van der Waals surface area contributed by atoms with Crippen molar-refractivity contribution < 1.29 is 9.18 Å². The molecule has 9 nitrogen and oxygen atoms in total. The summed E-state index contributed by atoms with van der Waals surface area (Å²) in [5.41, 5.74) is 1.85. The van der Waals surface area contributed by atoms with Crippen LogP contribution < -0.4 is 4.90 Å². The molecule has 5 rings (SSSR count). The number of nitrogens with zero attached hydrogens (tertiary/aromatic N) is 8. The number of anilines is 1. The minimum Gasteiger partial charge on any atom is -0.337 e. The van der Waals surface area contributed by atoms with Gasteiger partial charge in [-0.3, -0.25) is 0 Å². The summed E-state index contributed by atoms with van der Waals surface area (Å²) < 4.78 is 15.8. The van der Waals surface area contributed by atoms with Crippen LogP contribution >= 0.6 is 0 Å². The number of halogens is 1. The number of piperazine rings is 1. The minimum absolute atomic E-state index is 0.0815. The van der Waals surface area contributed by atoms with Crippen LogP contribution in [0.25, 0.3) is 5.82 Å². The van der Waals surface area contributed by atoms with E-state index in [0.29, 0.717) is 38.5 Å². The highest BCUT2D eigenvalue weighted by Crippen LogP contribution is 2.29. The molecule has 1 aromatic carbocycles. The lowest BCUT2D eigenvalue weighted by atomic mass is 10.1. The third-order valence-corrected chi connectivity index (χ3v) is 5.79. The van der Waals surface area contributed by atoms with Crippen molar-refractivity contribution in [1.29, 1.82) is 0 Å². The molecule has 164 valence electrons. The molecule has 0 saturated carbocycles. The second kappa shape index (κ2) is 8.37. The van der Waals surface area contributed by atoms with Gasteiger partial charge in [-0.2, -0.15) is 15.2 Å². The quantitative estimate of drug-likeness (QED) is 0.633. The largest absolute Gasteiger partial charge is 0.341 e. The Labute approximate surface area is 184 Å². The highest BCUT2D eigenvalue weighted by Gasteiger charge is 2.33. The van der Waals surface area contributed by atoms with Crippen LogP contribution in [0.5, 0.6) is 0 Å². The van der Waals surface area contributed by atoms with Crippen molar-refractivity contribution in [2.75, 3.05) is 31.1 Å². The summed E-state index contributed by atoms with van der Waals surface area (Å²) in [6, 6.07) is 11.5. The number of hydrazone groups is 1. The van der Waals surface area contributed by atoms with E-state index in [1.54, 1.807) is 28.4 Å². The van der Waals surface area contributed by atoms with E-state index >= 15 is 0 Å². The molecule has 0 radical (unpaired) electrons. The monoisotopic (exact) mass is 434 g/mol. The molecule has 32 heavy (non-hydrogen) atoms. The van der Waals surface area contributed by atoms with Gasteiger partial charge in [0.1, 0.15) is 0 Å². The second-order valence-electron chi connectivity index (χ2n) is 7.79. The van der Waals surface area contributed by atoms with E-state index in [1.807, 2.05) is 42.2 Å². The molecular formula is C22H23FN8O. The lowest BCUT2D eigenvalue weighted by Gasteiger charge is -2.37. The molecule has 4 heterocycles. The number of benzene rings is 1. The average Bonchev–Trinajstić information content (AvgIpc) is 3.49. The molecule has 3 aromatic rings. The van der Waals surface area contributed by atoms with Crippen LogP contribution in [0.3, 0.4) is 0 Å². The first kappa shape index (κ1) is 20.1. The topological polar surface area (TPSA) is 82.8 Å². The Balaban J connectivity index is 1.27. The molecule has 1 fully saturated rings. The zero-order valence-electron chi connectivity index (χ0n) is 17.7. The molecule has 0 bridgehead atoms. The number of hydrogen-bond donors (Lipinski definition) is 0. The zero-order chi connectivity index (χ0) is 22.1. The predicted octanol–water partition coefficient (Wildman–Crippen LogP) is 2.78. The van der Waals surface area contributed by atoms with E-state index in [2.05, 4.69) is 20.2 Å². The Hall–Kier alpha value is -3.82. The number of aryl methyl sites for hydroxylation is 1. The summed E-state index contributed by atoms with van der Waals surface area (Å²) in [5.74, 6) is 0.00563. The average molecular weight is 434 g/mol. The molecule has 10 heteroatoms. The minimum atomic E-state index is -0.534. The van der Waals surface area contributed by atoms with Gasteiger partial charge < -0.3 is 9.80 Å². The Morgan fingerprint density at radius 2 is 1.88 bits per heavy atom. The van der Waals surface area contributed by atoms with Crippen LogP contribution in [0.15, 0.2) is 53.9 Å². The van der Waals surface area contributed by atoms with Crippen molar-refractivity contribution in [2.45, 2.75) is 19.4 Å². The Kier molecular flexibility index (Phi) is 5.26. The maximum Gasteiger partial charge on any atom is 0.341 e. The highest BCUT2D eigenvalue weighted by molar-refractivity contribution is 5.78. The van der Waals surface area contributed by atoms with Gasteiger partial charge in [-0.15, -0.1) is 0 Å². The molecule has 2 aliphatic rings. The van der Waals surface area contributed by atoms with Crippen LogP contribution in [0, 0.1) is 12.7 Å². The molecule has 0 aliphatic carbocycles. The summed E-state index contributed by atoms with van der Waals surface area (Å²) in [5, 5.41) is 10.0. The van der Waals surface area contributed by atoms with Crippen molar-refractivity contribution in [2.24, 2.45) is 5.10 Å². The molecule has 0 unspecified atom stereocenters. The fourth-order valence-corrected chi connectivity index (χ4v) is 4.03. The van der Waals surface area contributed by atoms with Gasteiger partial charge in [-0.05, 0) is 18.6 Å². The molecule has 2 aromatic heterocycles. The fourth-order valence-electron chi connectivity index (χ4n) is 4.03. The molecule has 0 N–H and O–H groups in total. The van der Waals surface area contributed by atoms with Crippen LogP contribution in [-0.4, -0.2) is 68.1 Å². The lowest BCUT2D eigenvalue weighted by molar-refractivity contribution is 0.139. The van der Waals surface area contributed by atoms with Crippen LogP contribution in [0.4, 0.5) is 15.1 Å². The molecule has 1 saturated heterocycles. The Morgan fingerprint density at radius 1 is 1.09 bits per heavy atom. The fraction of sp³-hybridized carbons (Fsp3) is 0.318. The van der Waals surface area contributed by atoms with Gasteiger partial charge >= 0.3 is 6.03 Å². The first-order chi connectivity index (χ1) is 15.6. The molecule has 2 amide bonds. The van der Waals surface area contributed by atoms with Gasteiger partial charge in [-0.25, -0.2) is 23.9 Å². The number of carbonyl (C=O) groups excluding carboxylic acids is 1. The van der Waals surface area contributed by atoms with Gasteiger partial charge in [0.05, 0.1) is 12.2 Å². The summed E-state index contributed by atoms with van der Waals surface area (Å²) >= 11 is 0. The summed E-state index contributed by atoms with van der Waals surface area (Å²) in [6.07, 6.45) is 5.26.